The largest absolute Gasteiger partial charge is 0.493 e. The van der Waals surface area contributed by atoms with Crippen LogP contribution in [0.2, 0.25) is 0 Å². The van der Waals surface area contributed by atoms with Crippen molar-refractivity contribution in [2.45, 2.75) is 33.2 Å². The maximum Gasteiger partial charge on any atom is 0.255 e. The third-order valence-corrected chi connectivity index (χ3v) is 9.15. The van der Waals surface area contributed by atoms with Crippen molar-refractivity contribution in [1.82, 2.24) is 34.7 Å². The van der Waals surface area contributed by atoms with Gasteiger partial charge < -0.3 is 19.4 Å². The number of aromatic nitrogens is 6. The highest BCUT2D eigenvalue weighted by molar-refractivity contribution is 6.06. The number of hydrogen-bond acceptors (Lipinski definition) is 8. The molecule has 1 aliphatic rings. The minimum atomic E-state index is -0.224. The normalized spacial score (nSPS) is 12.8. The highest BCUT2D eigenvalue weighted by Crippen LogP contribution is 2.33. The first-order valence-corrected chi connectivity index (χ1v) is 16.3. The van der Waals surface area contributed by atoms with E-state index in [0.717, 1.165) is 66.5 Å². The van der Waals surface area contributed by atoms with Crippen molar-refractivity contribution in [3.05, 3.63) is 125 Å². The first kappa shape index (κ1) is 31.8. The van der Waals surface area contributed by atoms with Gasteiger partial charge in [0, 0.05) is 48.8 Å². The van der Waals surface area contributed by atoms with Crippen LogP contribution in [0.5, 0.6) is 11.5 Å². The molecule has 6 aromatic rings. The Hall–Kier alpha value is -5.81. The van der Waals surface area contributed by atoms with Crippen molar-refractivity contribution in [2.24, 2.45) is 0 Å². The van der Waals surface area contributed by atoms with Gasteiger partial charge >= 0.3 is 0 Å². The molecule has 1 N–H and O–H groups in total. The number of fused-ring (bicyclic) bond motifs is 1. The maximum atomic E-state index is 13.3. The third kappa shape index (κ3) is 6.79. The molecule has 1 amide bonds. The molecule has 11 nitrogen and oxygen atoms in total. The van der Waals surface area contributed by atoms with Crippen LogP contribution in [-0.4, -0.2) is 67.9 Å². The van der Waals surface area contributed by atoms with Gasteiger partial charge in [0.2, 0.25) is 5.82 Å². The van der Waals surface area contributed by atoms with Crippen LogP contribution in [0.15, 0.2) is 91.5 Å². The van der Waals surface area contributed by atoms with Gasteiger partial charge in [0.25, 0.3) is 5.91 Å². The van der Waals surface area contributed by atoms with Crippen LogP contribution in [0.4, 0.5) is 5.69 Å². The summed E-state index contributed by atoms with van der Waals surface area (Å²) in [6.45, 7) is 6.89. The van der Waals surface area contributed by atoms with Crippen molar-refractivity contribution < 1.29 is 14.3 Å². The van der Waals surface area contributed by atoms with Gasteiger partial charge in [-0.25, -0.2) is 4.98 Å². The molecule has 0 atom stereocenters. The number of methoxy groups -OCH3 is 2. The average Bonchev–Trinajstić information content (AvgIpc) is 3.86. The topological polar surface area (TPSA) is 112 Å². The number of tetrazole rings is 1. The summed E-state index contributed by atoms with van der Waals surface area (Å²) < 4.78 is 12.9. The molecule has 2 aromatic heterocycles. The Morgan fingerprint density at radius 3 is 2.31 bits per heavy atom. The highest BCUT2D eigenvalue weighted by atomic mass is 16.5. The fourth-order valence-electron chi connectivity index (χ4n) is 6.14. The molecule has 4 aromatic carbocycles. The van der Waals surface area contributed by atoms with E-state index in [2.05, 4.69) is 49.8 Å². The first-order valence-electron chi connectivity index (χ1n) is 16.3. The molecule has 0 aliphatic carbocycles. The summed E-state index contributed by atoms with van der Waals surface area (Å²) in [6, 6.07) is 23.8. The van der Waals surface area contributed by atoms with Crippen LogP contribution >= 0.6 is 0 Å². The lowest BCUT2D eigenvalue weighted by Crippen LogP contribution is -2.32. The molecule has 0 bridgehead atoms. The van der Waals surface area contributed by atoms with Gasteiger partial charge in [0.15, 0.2) is 11.5 Å². The van der Waals surface area contributed by atoms with E-state index in [-0.39, 0.29) is 5.91 Å². The van der Waals surface area contributed by atoms with Crippen LogP contribution in [-0.2, 0) is 19.4 Å². The minimum Gasteiger partial charge on any atom is -0.493 e. The Labute approximate surface area is 285 Å². The smallest absolute Gasteiger partial charge is 0.255 e. The fraction of sp³-hybridized carbons (Fsp3) is 0.237. The summed E-state index contributed by atoms with van der Waals surface area (Å²) >= 11 is 0. The second-order valence-corrected chi connectivity index (χ2v) is 12.3. The number of rotatable bonds is 10. The lowest BCUT2D eigenvalue weighted by atomic mass is 9.98. The summed E-state index contributed by atoms with van der Waals surface area (Å²) in [5.41, 5.74) is 9.56. The first-order chi connectivity index (χ1) is 23.9. The van der Waals surface area contributed by atoms with E-state index in [1.165, 1.54) is 21.5 Å². The molecule has 1 aliphatic heterocycles. The van der Waals surface area contributed by atoms with Gasteiger partial charge in [-0.3, -0.25) is 9.69 Å². The van der Waals surface area contributed by atoms with Crippen molar-refractivity contribution in [3.8, 4) is 34.3 Å². The molecular weight excluding hydrogens is 616 g/mol. The number of imidazole rings is 1. The van der Waals surface area contributed by atoms with Crippen LogP contribution in [0, 0.1) is 13.8 Å². The number of aryl methyl sites for hydroxylation is 2. The second-order valence-electron chi connectivity index (χ2n) is 12.3. The number of ether oxygens (including phenoxy) is 2. The molecule has 7 rings (SSSR count). The molecule has 11 heteroatoms. The van der Waals surface area contributed by atoms with E-state index < -0.39 is 0 Å². The van der Waals surface area contributed by atoms with Crippen molar-refractivity contribution in [3.63, 3.8) is 0 Å². The number of nitrogens with one attached hydrogen (secondary N) is 1. The van der Waals surface area contributed by atoms with Crippen LogP contribution in [0.1, 0.15) is 38.2 Å². The number of hydrogen-bond donors (Lipinski definition) is 1. The van der Waals surface area contributed by atoms with Gasteiger partial charge in [-0.05, 0) is 120 Å². The zero-order chi connectivity index (χ0) is 33.9. The Morgan fingerprint density at radius 2 is 1.59 bits per heavy atom. The molecule has 49 heavy (non-hydrogen) atoms. The third-order valence-electron chi connectivity index (χ3n) is 9.15. The van der Waals surface area contributed by atoms with Crippen molar-refractivity contribution in [2.75, 3.05) is 32.6 Å². The zero-order valence-electron chi connectivity index (χ0n) is 28.1. The van der Waals surface area contributed by atoms with Crippen molar-refractivity contribution >= 4 is 11.6 Å². The minimum absolute atomic E-state index is 0.224. The summed E-state index contributed by atoms with van der Waals surface area (Å²) in [4.78, 5) is 21.4. The summed E-state index contributed by atoms with van der Waals surface area (Å²) in [6.07, 6.45) is 7.21. The van der Waals surface area contributed by atoms with Crippen LogP contribution < -0.4 is 14.8 Å². The van der Waals surface area contributed by atoms with Crippen LogP contribution in [0.25, 0.3) is 22.8 Å². The SMILES string of the molecule is COc1cc2c(cc1OC)CN(CCc1ccc(-n3nnc(-c4cc(C)c(C)cc4NC(=O)c4ccc(-n5ccnc5)cc4)n3)cc1)CC2. The predicted octanol–water partition coefficient (Wildman–Crippen LogP) is 6.00. The number of carbonyl (C=O) groups is 1. The lowest BCUT2D eigenvalue weighted by molar-refractivity contribution is 0.102. The number of carbonyl (C=O) groups excluding carboxylic acids is 1. The Kier molecular flexibility index (Phi) is 8.91. The molecular formula is C38H38N8O3. The summed E-state index contributed by atoms with van der Waals surface area (Å²) in [7, 11) is 3.36. The van der Waals surface area contributed by atoms with Crippen LogP contribution in [0.3, 0.4) is 0 Å². The molecule has 0 fully saturated rings. The van der Waals surface area contributed by atoms with Gasteiger partial charge in [-0.15, -0.1) is 15.0 Å². The molecule has 0 saturated carbocycles. The highest BCUT2D eigenvalue weighted by Gasteiger charge is 2.20. The molecule has 0 spiro atoms. The van der Waals surface area contributed by atoms with Gasteiger partial charge in [0.1, 0.15) is 0 Å². The van der Waals surface area contributed by atoms with E-state index in [1.807, 2.05) is 61.0 Å². The fourth-order valence-corrected chi connectivity index (χ4v) is 6.14. The Bertz CT molecular complexity index is 2090. The van der Waals surface area contributed by atoms with E-state index >= 15 is 0 Å². The number of nitrogens with zero attached hydrogens (tertiary/aromatic N) is 7. The zero-order valence-corrected chi connectivity index (χ0v) is 28.1. The monoisotopic (exact) mass is 654 g/mol. The Morgan fingerprint density at radius 1 is 0.878 bits per heavy atom. The molecule has 248 valence electrons. The van der Waals surface area contributed by atoms with E-state index in [1.54, 1.807) is 38.9 Å². The van der Waals surface area contributed by atoms with E-state index in [0.29, 0.717) is 22.6 Å². The Balaban J connectivity index is 1.02. The predicted molar refractivity (Wildman–Crippen MR) is 188 cm³/mol. The number of benzene rings is 4. The molecule has 3 heterocycles. The molecule has 0 unspecified atom stereocenters. The second kappa shape index (κ2) is 13.7. The number of amides is 1. The molecule has 0 radical (unpaired) electrons. The van der Waals surface area contributed by atoms with Gasteiger partial charge in [-0.2, -0.15) is 0 Å². The quantitative estimate of drug-likeness (QED) is 0.191. The van der Waals surface area contributed by atoms with E-state index in [4.69, 9.17) is 14.6 Å². The van der Waals surface area contributed by atoms with Gasteiger partial charge in [0.05, 0.1) is 31.9 Å². The standard InChI is InChI=1S/C38H38N8O3/c1-25-19-33(34(20-26(25)2)40-38(47)28-7-11-31(12-8-28)45-18-15-39-24-45)37-41-43-46(42-37)32-9-5-27(6-10-32)13-16-44-17-14-29-21-35(48-3)36(49-4)22-30(29)23-44/h5-12,15,18-22,24H,13-14,16-17,23H2,1-4H3,(H,40,47). The lowest BCUT2D eigenvalue weighted by Gasteiger charge is -2.29. The number of anilines is 1. The average molecular weight is 655 g/mol. The molecule has 0 saturated heterocycles. The van der Waals surface area contributed by atoms with Crippen molar-refractivity contribution in [1.29, 1.82) is 0 Å². The summed E-state index contributed by atoms with van der Waals surface area (Å²) in [5.74, 6) is 1.76. The van der Waals surface area contributed by atoms with E-state index in [9.17, 15) is 4.79 Å². The van der Waals surface area contributed by atoms with Gasteiger partial charge in [-0.1, -0.05) is 12.1 Å². The maximum absolute atomic E-state index is 13.3. The summed E-state index contributed by atoms with van der Waals surface area (Å²) in [5, 5.41) is 16.5.